The summed E-state index contributed by atoms with van der Waals surface area (Å²) >= 11 is 0. The van der Waals surface area contributed by atoms with Crippen LogP contribution in [0.25, 0.3) is 0 Å². The molecule has 0 heterocycles. The van der Waals surface area contributed by atoms with Crippen LogP contribution in [-0.4, -0.2) is 37.2 Å². The van der Waals surface area contributed by atoms with Crippen molar-refractivity contribution in [3.05, 3.63) is 0 Å². The fraction of sp³-hybridized carbons (Fsp3) is 0.930. The van der Waals surface area contributed by atoms with Gasteiger partial charge in [0.15, 0.2) is 6.10 Å². The van der Waals surface area contributed by atoms with E-state index in [0.717, 1.165) is 70.1 Å². The first-order chi connectivity index (χ1) is 23.9. The summed E-state index contributed by atoms with van der Waals surface area (Å²) in [5, 5.41) is 0. The van der Waals surface area contributed by atoms with Gasteiger partial charge in [-0.15, -0.1) is 0 Å². The molecule has 0 aliphatic carbocycles. The van der Waals surface area contributed by atoms with Crippen molar-refractivity contribution in [2.45, 2.75) is 239 Å². The molecular formula is C43H82O6. The maximum atomic E-state index is 12.6. The number of hydrogen-bond donors (Lipinski definition) is 0. The number of rotatable bonds is 38. The summed E-state index contributed by atoms with van der Waals surface area (Å²) in [6, 6.07) is 0. The predicted molar refractivity (Wildman–Crippen MR) is 206 cm³/mol. The Bertz CT molecular complexity index is 738. The molecule has 0 saturated heterocycles. The van der Waals surface area contributed by atoms with Crippen molar-refractivity contribution < 1.29 is 28.6 Å². The largest absolute Gasteiger partial charge is 0.462 e. The Morgan fingerprint density at radius 2 is 0.714 bits per heavy atom. The van der Waals surface area contributed by atoms with Crippen LogP contribution >= 0.6 is 0 Å². The first kappa shape index (κ1) is 47.4. The van der Waals surface area contributed by atoms with Crippen molar-refractivity contribution in [1.29, 1.82) is 0 Å². The molecule has 0 aromatic carbocycles. The number of ether oxygens (including phenoxy) is 3. The van der Waals surface area contributed by atoms with Crippen molar-refractivity contribution in [1.82, 2.24) is 0 Å². The van der Waals surface area contributed by atoms with E-state index in [1.165, 1.54) is 122 Å². The van der Waals surface area contributed by atoms with Gasteiger partial charge in [0.2, 0.25) is 0 Å². The normalized spacial score (nSPS) is 12.5. The Labute approximate surface area is 304 Å². The van der Waals surface area contributed by atoms with E-state index in [4.69, 9.17) is 14.2 Å². The topological polar surface area (TPSA) is 78.9 Å². The van der Waals surface area contributed by atoms with Gasteiger partial charge in [-0.25, -0.2) is 0 Å². The summed E-state index contributed by atoms with van der Waals surface area (Å²) in [5.41, 5.74) is 0. The van der Waals surface area contributed by atoms with Gasteiger partial charge in [0.25, 0.3) is 0 Å². The lowest BCUT2D eigenvalue weighted by Crippen LogP contribution is -2.30. The first-order valence-electron chi connectivity index (χ1n) is 21.4. The molecule has 0 amide bonds. The van der Waals surface area contributed by atoms with E-state index in [1.807, 2.05) is 0 Å². The van der Waals surface area contributed by atoms with Gasteiger partial charge in [-0.2, -0.15) is 0 Å². The Morgan fingerprint density at radius 1 is 0.408 bits per heavy atom. The Morgan fingerprint density at radius 3 is 1.06 bits per heavy atom. The molecule has 49 heavy (non-hydrogen) atoms. The van der Waals surface area contributed by atoms with E-state index >= 15 is 0 Å². The van der Waals surface area contributed by atoms with Crippen LogP contribution in [0.2, 0.25) is 0 Å². The minimum Gasteiger partial charge on any atom is -0.462 e. The number of esters is 3. The lowest BCUT2D eigenvalue weighted by molar-refractivity contribution is -0.167. The maximum Gasteiger partial charge on any atom is 0.306 e. The second-order valence-electron chi connectivity index (χ2n) is 14.9. The van der Waals surface area contributed by atoms with Crippen LogP contribution in [0.1, 0.15) is 233 Å². The van der Waals surface area contributed by atoms with E-state index in [1.54, 1.807) is 0 Å². The highest BCUT2D eigenvalue weighted by molar-refractivity contribution is 5.71. The second-order valence-corrected chi connectivity index (χ2v) is 14.9. The summed E-state index contributed by atoms with van der Waals surface area (Å²) < 4.78 is 16.6. The van der Waals surface area contributed by atoms with Crippen LogP contribution < -0.4 is 0 Å². The minimum absolute atomic E-state index is 0.0665. The van der Waals surface area contributed by atoms with Gasteiger partial charge < -0.3 is 14.2 Å². The average Bonchev–Trinajstić information content (AvgIpc) is 3.10. The first-order valence-corrected chi connectivity index (χ1v) is 21.4. The fourth-order valence-electron chi connectivity index (χ4n) is 6.24. The number of carbonyl (C=O) groups is 3. The molecule has 0 radical (unpaired) electrons. The van der Waals surface area contributed by atoms with Gasteiger partial charge in [-0.1, -0.05) is 195 Å². The van der Waals surface area contributed by atoms with E-state index in [-0.39, 0.29) is 31.1 Å². The summed E-state index contributed by atoms with van der Waals surface area (Å²) in [5.74, 6) is -0.0604. The van der Waals surface area contributed by atoms with Crippen LogP contribution in [0, 0.1) is 5.92 Å². The van der Waals surface area contributed by atoms with Crippen molar-refractivity contribution >= 4 is 17.9 Å². The highest BCUT2D eigenvalue weighted by Crippen LogP contribution is 2.16. The van der Waals surface area contributed by atoms with E-state index in [0.29, 0.717) is 19.3 Å². The second kappa shape index (κ2) is 37.7. The van der Waals surface area contributed by atoms with Crippen molar-refractivity contribution in [3.63, 3.8) is 0 Å². The third kappa shape index (κ3) is 36.0. The van der Waals surface area contributed by atoms with Gasteiger partial charge in [0.05, 0.1) is 0 Å². The van der Waals surface area contributed by atoms with Gasteiger partial charge in [0, 0.05) is 19.3 Å². The van der Waals surface area contributed by atoms with Gasteiger partial charge in [-0.05, 0) is 25.2 Å². The third-order valence-electron chi connectivity index (χ3n) is 9.90. The summed E-state index contributed by atoms with van der Waals surface area (Å²) in [4.78, 5) is 37.3. The fourth-order valence-corrected chi connectivity index (χ4v) is 6.24. The van der Waals surface area contributed by atoms with Gasteiger partial charge in [0.1, 0.15) is 13.2 Å². The zero-order valence-electron chi connectivity index (χ0n) is 33.1. The van der Waals surface area contributed by atoms with Crippen LogP contribution in [0.15, 0.2) is 0 Å². The molecule has 0 aliphatic rings. The molecule has 0 aliphatic heterocycles. The molecule has 1 unspecified atom stereocenters. The molecule has 0 bridgehead atoms. The highest BCUT2D eigenvalue weighted by Gasteiger charge is 2.19. The van der Waals surface area contributed by atoms with E-state index in [2.05, 4.69) is 27.7 Å². The molecule has 0 fully saturated rings. The molecule has 2 atom stereocenters. The van der Waals surface area contributed by atoms with Crippen LogP contribution in [0.4, 0.5) is 0 Å². The molecule has 6 heteroatoms. The third-order valence-corrected chi connectivity index (χ3v) is 9.90. The number of hydrogen-bond acceptors (Lipinski definition) is 6. The molecule has 0 aromatic heterocycles. The van der Waals surface area contributed by atoms with E-state index < -0.39 is 6.10 Å². The zero-order chi connectivity index (χ0) is 36.0. The smallest absolute Gasteiger partial charge is 0.306 e. The highest BCUT2D eigenvalue weighted by atomic mass is 16.6. The molecule has 0 saturated carbocycles. The van der Waals surface area contributed by atoms with E-state index in [9.17, 15) is 14.4 Å². The van der Waals surface area contributed by atoms with Crippen molar-refractivity contribution in [2.75, 3.05) is 13.2 Å². The summed E-state index contributed by atoms with van der Waals surface area (Å²) in [7, 11) is 0. The number of carbonyl (C=O) groups excluding carboxylic acids is 3. The molecule has 6 nitrogen and oxygen atoms in total. The number of unbranched alkanes of at least 4 members (excludes halogenated alkanes) is 24. The standard InChI is InChI=1S/C43H82O6/c1-5-8-10-12-13-14-15-16-17-18-19-20-21-22-28-32-36-43(46)49-40(37-47-41(44)34-30-25-11-9-6-2)38-48-42(45)35-31-27-24-23-26-29-33-39(4)7-3/h39-40H,5-38H2,1-4H3/t39?,40-/m1/s1. The lowest BCUT2D eigenvalue weighted by Gasteiger charge is -2.18. The summed E-state index contributed by atoms with van der Waals surface area (Å²) in [6.45, 7) is 8.88. The van der Waals surface area contributed by atoms with Crippen LogP contribution in [-0.2, 0) is 28.6 Å². The maximum absolute atomic E-state index is 12.6. The van der Waals surface area contributed by atoms with Gasteiger partial charge in [-0.3, -0.25) is 14.4 Å². The predicted octanol–water partition coefficient (Wildman–Crippen LogP) is 13.2. The quantitative estimate of drug-likeness (QED) is 0.0364. The Balaban J connectivity index is 4.20. The summed E-state index contributed by atoms with van der Waals surface area (Å²) in [6.07, 6.45) is 35.5. The van der Waals surface area contributed by atoms with Crippen molar-refractivity contribution in [2.24, 2.45) is 5.92 Å². The molecule has 0 rings (SSSR count). The zero-order valence-corrected chi connectivity index (χ0v) is 33.1. The molecule has 290 valence electrons. The molecule has 0 N–H and O–H groups in total. The SMILES string of the molecule is CCCCCCCCCCCCCCCCCCC(=O)O[C@H](COC(=O)CCCCCCC)COC(=O)CCCCCCCCC(C)CC. The Kier molecular flexibility index (Phi) is 36.4. The van der Waals surface area contributed by atoms with Gasteiger partial charge >= 0.3 is 17.9 Å². The minimum atomic E-state index is -0.757. The van der Waals surface area contributed by atoms with Crippen LogP contribution in [0.5, 0.6) is 0 Å². The average molecular weight is 695 g/mol. The monoisotopic (exact) mass is 695 g/mol. The lowest BCUT2D eigenvalue weighted by atomic mass is 10.00. The Hall–Kier alpha value is -1.59. The molecule has 0 spiro atoms. The van der Waals surface area contributed by atoms with Crippen molar-refractivity contribution in [3.8, 4) is 0 Å². The van der Waals surface area contributed by atoms with Crippen LogP contribution in [0.3, 0.4) is 0 Å². The molecular weight excluding hydrogens is 612 g/mol. The molecule has 0 aromatic rings.